The summed E-state index contributed by atoms with van der Waals surface area (Å²) in [6.45, 7) is 0.858. The van der Waals surface area contributed by atoms with Crippen molar-refractivity contribution in [2.45, 2.75) is 18.9 Å². The molecule has 2 N–H and O–H groups in total. The highest BCUT2D eigenvalue weighted by Gasteiger charge is 2.20. The normalized spacial score (nSPS) is 28.2. The molecular weight excluding hydrogens is 107 g/mol. The maximum Gasteiger partial charge on any atom is 0.320 e. The molecule has 1 rings (SSSR count). The van der Waals surface area contributed by atoms with Crippen molar-refractivity contribution in [1.82, 2.24) is 5.32 Å². The molecule has 3 heteroatoms. The van der Waals surface area contributed by atoms with Gasteiger partial charge in [-0.2, -0.15) is 0 Å². The highest BCUT2D eigenvalue weighted by Crippen LogP contribution is 2.03. The van der Waals surface area contributed by atoms with Gasteiger partial charge in [0.25, 0.3) is 0 Å². The minimum Gasteiger partial charge on any atom is -0.480 e. The summed E-state index contributed by atoms with van der Waals surface area (Å²) in [5, 5.41) is 11.2. The molecule has 0 radical (unpaired) electrons. The average Bonchev–Trinajstić information content (AvgIpc) is 2.12. The fourth-order valence-electron chi connectivity index (χ4n) is 0.895. The maximum atomic E-state index is 10.1. The van der Waals surface area contributed by atoms with E-state index in [4.69, 9.17) is 5.11 Å². The summed E-state index contributed by atoms with van der Waals surface area (Å²) in [5.74, 6) is -0.720. The first kappa shape index (κ1) is 5.56. The number of hydrogen-bond acceptors (Lipinski definition) is 2. The largest absolute Gasteiger partial charge is 0.480 e. The second kappa shape index (κ2) is 2.13. The lowest BCUT2D eigenvalue weighted by atomic mass is 10.4. The number of rotatable bonds is 1. The standard InChI is InChI=1S/C5H9NO2/c7-5(8)4-2-1-3-6-4/h4,6H,1-3H2,(H,7,8)/t4-/m0/s1/i4+1. The van der Waals surface area contributed by atoms with Crippen LogP contribution in [0.5, 0.6) is 0 Å². The second-order valence-electron chi connectivity index (χ2n) is 1.99. The van der Waals surface area contributed by atoms with Crippen molar-refractivity contribution in [3.05, 3.63) is 0 Å². The van der Waals surface area contributed by atoms with Crippen LogP contribution in [0.2, 0.25) is 0 Å². The van der Waals surface area contributed by atoms with E-state index in [0.29, 0.717) is 0 Å². The van der Waals surface area contributed by atoms with E-state index in [1.807, 2.05) is 0 Å². The molecule has 1 saturated heterocycles. The van der Waals surface area contributed by atoms with E-state index >= 15 is 0 Å². The summed E-state index contributed by atoms with van der Waals surface area (Å²) >= 11 is 0. The van der Waals surface area contributed by atoms with Crippen molar-refractivity contribution in [2.75, 3.05) is 6.54 Å². The molecule has 1 fully saturated rings. The molecule has 0 aliphatic carbocycles. The Bertz CT molecular complexity index is 96.6. The van der Waals surface area contributed by atoms with Crippen molar-refractivity contribution in [3.8, 4) is 0 Å². The molecule has 0 aromatic carbocycles. The van der Waals surface area contributed by atoms with Crippen molar-refractivity contribution in [3.63, 3.8) is 0 Å². The van der Waals surface area contributed by atoms with Crippen LogP contribution >= 0.6 is 0 Å². The van der Waals surface area contributed by atoms with E-state index in [2.05, 4.69) is 5.32 Å². The summed E-state index contributed by atoms with van der Waals surface area (Å²) in [6, 6.07) is -0.269. The van der Waals surface area contributed by atoms with Crippen LogP contribution in [0, 0.1) is 0 Å². The molecule has 0 unspecified atom stereocenters. The fourth-order valence-corrected chi connectivity index (χ4v) is 0.895. The lowest BCUT2D eigenvalue weighted by Gasteiger charge is -1.99. The van der Waals surface area contributed by atoms with Crippen LogP contribution in [-0.4, -0.2) is 23.7 Å². The molecule has 0 aromatic heterocycles. The number of aliphatic carboxylic acids is 1. The first-order valence-corrected chi connectivity index (χ1v) is 2.77. The Hall–Kier alpha value is -0.570. The highest BCUT2D eigenvalue weighted by atomic mass is 16.4. The number of carboxylic acids is 1. The van der Waals surface area contributed by atoms with Gasteiger partial charge in [0.1, 0.15) is 6.04 Å². The van der Waals surface area contributed by atoms with E-state index in [-0.39, 0.29) is 6.04 Å². The molecule has 0 amide bonds. The Morgan fingerprint density at radius 3 is 2.75 bits per heavy atom. The van der Waals surface area contributed by atoms with Gasteiger partial charge >= 0.3 is 5.97 Å². The zero-order valence-corrected chi connectivity index (χ0v) is 4.55. The highest BCUT2D eigenvalue weighted by molar-refractivity contribution is 5.73. The Labute approximate surface area is 47.7 Å². The van der Waals surface area contributed by atoms with Gasteiger partial charge in [0.2, 0.25) is 0 Å². The molecule has 1 aliphatic heterocycles. The van der Waals surface area contributed by atoms with Crippen LogP contribution in [0.4, 0.5) is 0 Å². The maximum absolute atomic E-state index is 10.1. The van der Waals surface area contributed by atoms with Crippen molar-refractivity contribution < 1.29 is 9.90 Å². The summed E-state index contributed by atoms with van der Waals surface area (Å²) < 4.78 is 0. The molecular formula is C5H9NO2. The third-order valence-electron chi connectivity index (χ3n) is 1.36. The van der Waals surface area contributed by atoms with Gasteiger partial charge < -0.3 is 10.4 Å². The number of carbonyl (C=O) groups is 1. The molecule has 0 bridgehead atoms. The van der Waals surface area contributed by atoms with Gasteiger partial charge in [-0.25, -0.2) is 0 Å². The van der Waals surface area contributed by atoms with Crippen molar-refractivity contribution in [1.29, 1.82) is 0 Å². The minimum absolute atomic E-state index is 0.269. The van der Waals surface area contributed by atoms with Gasteiger partial charge in [-0.15, -0.1) is 0 Å². The van der Waals surface area contributed by atoms with Gasteiger partial charge in [0.15, 0.2) is 0 Å². The van der Waals surface area contributed by atoms with E-state index < -0.39 is 5.97 Å². The number of nitrogens with one attached hydrogen (secondary N) is 1. The second-order valence-corrected chi connectivity index (χ2v) is 1.99. The van der Waals surface area contributed by atoms with Crippen molar-refractivity contribution in [2.24, 2.45) is 0 Å². The van der Waals surface area contributed by atoms with Crippen LogP contribution in [0.3, 0.4) is 0 Å². The molecule has 0 saturated carbocycles. The first-order chi connectivity index (χ1) is 3.80. The number of hydrogen-bond donors (Lipinski definition) is 2. The SMILES string of the molecule is O=C(O)[13C@@H]1CCCN1. The molecule has 8 heavy (non-hydrogen) atoms. The molecule has 1 atom stereocenters. The van der Waals surface area contributed by atoms with Gasteiger partial charge in [0.05, 0.1) is 0 Å². The quantitative estimate of drug-likeness (QED) is 0.467. The molecule has 3 nitrogen and oxygen atoms in total. The monoisotopic (exact) mass is 116 g/mol. The molecule has 0 aromatic rings. The first-order valence-electron chi connectivity index (χ1n) is 2.77. The van der Waals surface area contributed by atoms with E-state index in [1.165, 1.54) is 0 Å². The van der Waals surface area contributed by atoms with E-state index in [1.54, 1.807) is 0 Å². The van der Waals surface area contributed by atoms with Crippen LogP contribution in [0.15, 0.2) is 0 Å². The van der Waals surface area contributed by atoms with Crippen molar-refractivity contribution >= 4 is 5.97 Å². The molecule has 46 valence electrons. The lowest BCUT2D eigenvalue weighted by molar-refractivity contribution is -0.139. The van der Waals surface area contributed by atoms with Gasteiger partial charge in [-0.05, 0) is 19.4 Å². The summed E-state index contributed by atoms with van der Waals surface area (Å²) in [4.78, 5) is 10.1. The average molecular weight is 116 g/mol. The Kier molecular flexibility index (Phi) is 1.48. The summed E-state index contributed by atoms with van der Waals surface area (Å²) in [7, 11) is 0. The third kappa shape index (κ3) is 0.980. The fraction of sp³-hybridized carbons (Fsp3) is 0.800. The Balaban J connectivity index is 2.35. The lowest BCUT2D eigenvalue weighted by Crippen LogP contribution is -2.29. The minimum atomic E-state index is -0.720. The predicted octanol–water partition coefficient (Wildman–Crippen LogP) is -0.177. The zero-order valence-electron chi connectivity index (χ0n) is 4.55. The summed E-state index contributed by atoms with van der Waals surface area (Å²) in [6.07, 6.45) is 1.78. The van der Waals surface area contributed by atoms with Crippen LogP contribution in [-0.2, 0) is 4.79 Å². The van der Waals surface area contributed by atoms with E-state index in [9.17, 15) is 4.79 Å². The van der Waals surface area contributed by atoms with Gasteiger partial charge in [-0.3, -0.25) is 4.79 Å². The van der Waals surface area contributed by atoms with Crippen LogP contribution in [0.25, 0.3) is 0 Å². The number of carboxylic acid groups (broad SMARTS) is 1. The molecule has 1 aliphatic rings. The molecule has 0 spiro atoms. The van der Waals surface area contributed by atoms with E-state index in [0.717, 1.165) is 19.4 Å². The molecule has 1 heterocycles. The smallest absolute Gasteiger partial charge is 0.320 e. The Morgan fingerprint density at radius 1 is 1.75 bits per heavy atom. The van der Waals surface area contributed by atoms with Gasteiger partial charge in [-0.1, -0.05) is 0 Å². The van der Waals surface area contributed by atoms with Crippen LogP contribution in [0.1, 0.15) is 12.8 Å². The van der Waals surface area contributed by atoms with Crippen LogP contribution < -0.4 is 5.32 Å². The Morgan fingerprint density at radius 2 is 2.50 bits per heavy atom. The zero-order chi connectivity index (χ0) is 5.98. The van der Waals surface area contributed by atoms with Gasteiger partial charge in [0, 0.05) is 0 Å². The third-order valence-corrected chi connectivity index (χ3v) is 1.36. The topological polar surface area (TPSA) is 49.3 Å². The summed E-state index contributed by atoms with van der Waals surface area (Å²) in [5.41, 5.74) is 0. The predicted molar refractivity (Wildman–Crippen MR) is 28.7 cm³/mol.